The highest BCUT2D eigenvalue weighted by molar-refractivity contribution is 5.99. The van der Waals surface area contributed by atoms with E-state index in [0.717, 1.165) is 11.1 Å². The van der Waals surface area contributed by atoms with Crippen molar-refractivity contribution in [3.8, 4) is 0 Å². The number of carbonyl (C=O) groups is 1. The second kappa shape index (κ2) is 6.87. The molecule has 2 heterocycles. The van der Waals surface area contributed by atoms with Gasteiger partial charge in [-0.2, -0.15) is 0 Å². The Morgan fingerprint density at radius 3 is 2.54 bits per heavy atom. The molecule has 1 atom stereocenters. The maximum Gasteiger partial charge on any atom is 0.290 e. The molecule has 0 bridgehead atoms. The van der Waals surface area contributed by atoms with Gasteiger partial charge in [0.1, 0.15) is 11.4 Å². The van der Waals surface area contributed by atoms with Crippen molar-refractivity contribution in [3.63, 3.8) is 0 Å². The fraction of sp³-hybridized carbons (Fsp3) is 0.273. The normalized spacial score (nSPS) is 16.1. The fourth-order valence-electron chi connectivity index (χ4n) is 3.94. The van der Waals surface area contributed by atoms with Crippen LogP contribution in [0.25, 0.3) is 11.0 Å². The van der Waals surface area contributed by atoms with Gasteiger partial charge in [-0.05, 0) is 55.2 Å². The molecule has 1 aliphatic heterocycles. The van der Waals surface area contributed by atoms with Gasteiger partial charge in [-0.25, -0.2) is 4.39 Å². The lowest BCUT2D eigenvalue weighted by molar-refractivity contribution is 0.0716. The molecular formula is C22H20FNO4. The van der Waals surface area contributed by atoms with Gasteiger partial charge in [0.15, 0.2) is 5.43 Å². The molecule has 5 nitrogen and oxygen atoms in total. The van der Waals surface area contributed by atoms with Crippen LogP contribution in [-0.4, -0.2) is 29.1 Å². The van der Waals surface area contributed by atoms with E-state index in [4.69, 9.17) is 4.42 Å². The molecule has 1 unspecified atom stereocenters. The Morgan fingerprint density at radius 1 is 1.14 bits per heavy atom. The number of carbonyl (C=O) groups excluding carboxylic acids is 1. The van der Waals surface area contributed by atoms with Crippen LogP contribution in [-0.2, 0) is 0 Å². The first kappa shape index (κ1) is 18.4. The molecule has 0 radical (unpaired) electrons. The van der Waals surface area contributed by atoms with Crippen LogP contribution in [0.1, 0.15) is 45.3 Å². The third kappa shape index (κ3) is 2.81. The van der Waals surface area contributed by atoms with Gasteiger partial charge in [0.25, 0.3) is 5.91 Å². The number of benzene rings is 2. The molecular weight excluding hydrogens is 361 g/mol. The second-order valence-corrected chi connectivity index (χ2v) is 7.16. The third-order valence-electron chi connectivity index (χ3n) is 5.14. The SMILES string of the molecule is Cc1cc(C)c2oc3c(c(=O)c2c1)C(c1ccc(F)cc1)N(CCCO)C3=O. The summed E-state index contributed by atoms with van der Waals surface area (Å²) in [6.07, 6.45) is 0.364. The molecule has 2 aromatic carbocycles. The summed E-state index contributed by atoms with van der Waals surface area (Å²) in [4.78, 5) is 28.0. The number of nitrogens with zero attached hydrogens (tertiary/aromatic N) is 1. The monoisotopic (exact) mass is 381 g/mol. The largest absolute Gasteiger partial charge is 0.450 e. The number of aliphatic hydroxyl groups is 1. The first-order valence-corrected chi connectivity index (χ1v) is 9.17. The van der Waals surface area contributed by atoms with Gasteiger partial charge in [0.2, 0.25) is 5.76 Å². The first-order chi connectivity index (χ1) is 13.4. The van der Waals surface area contributed by atoms with Crippen molar-refractivity contribution in [2.24, 2.45) is 0 Å². The van der Waals surface area contributed by atoms with Crippen LogP contribution >= 0.6 is 0 Å². The number of rotatable bonds is 4. The molecule has 1 N–H and O–H groups in total. The lowest BCUT2D eigenvalue weighted by atomic mass is 9.97. The fourth-order valence-corrected chi connectivity index (χ4v) is 3.94. The van der Waals surface area contributed by atoms with Gasteiger partial charge in [-0.1, -0.05) is 18.2 Å². The van der Waals surface area contributed by atoms with E-state index in [2.05, 4.69) is 0 Å². The summed E-state index contributed by atoms with van der Waals surface area (Å²) >= 11 is 0. The van der Waals surface area contributed by atoms with Crippen LogP contribution in [0.5, 0.6) is 0 Å². The summed E-state index contributed by atoms with van der Waals surface area (Å²) in [5, 5.41) is 9.66. The van der Waals surface area contributed by atoms with E-state index in [-0.39, 0.29) is 29.9 Å². The van der Waals surface area contributed by atoms with Crippen LogP contribution in [0.15, 0.2) is 45.6 Å². The summed E-state index contributed by atoms with van der Waals surface area (Å²) in [6, 6.07) is 8.74. The van der Waals surface area contributed by atoms with Crippen molar-refractivity contribution in [1.29, 1.82) is 0 Å². The van der Waals surface area contributed by atoms with Crippen molar-refractivity contribution in [3.05, 3.63) is 80.5 Å². The minimum absolute atomic E-state index is 0.0247. The van der Waals surface area contributed by atoms with E-state index in [1.165, 1.54) is 17.0 Å². The summed E-state index contributed by atoms with van der Waals surface area (Å²) in [5.41, 5.74) is 2.77. The highest BCUT2D eigenvalue weighted by Gasteiger charge is 2.42. The highest BCUT2D eigenvalue weighted by Crippen LogP contribution is 2.38. The van der Waals surface area contributed by atoms with Crippen LogP contribution in [0.3, 0.4) is 0 Å². The molecule has 3 aromatic rings. The van der Waals surface area contributed by atoms with Gasteiger partial charge in [0, 0.05) is 13.2 Å². The average molecular weight is 381 g/mol. The van der Waals surface area contributed by atoms with E-state index < -0.39 is 17.8 Å². The van der Waals surface area contributed by atoms with E-state index >= 15 is 0 Å². The maximum atomic E-state index is 13.4. The first-order valence-electron chi connectivity index (χ1n) is 9.17. The molecule has 144 valence electrons. The Kier molecular flexibility index (Phi) is 4.51. The van der Waals surface area contributed by atoms with Crippen molar-refractivity contribution in [2.45, 2.75) is 26.3 Å². The van der Waals surface area contributed by atoms with Crippen molar-refractivity contribution in [1.82, 2.24) is 4.90 Å². The minimum Gasteiger partial charge on any atom is -0.450 e. The zero-order valence-corrected chi connectivity index (χ0v) is 15.7. The standard InChI is InChI=1S/C22H20FNO4/c1-12-10-13(2)20-16(11-12)19(26)17-18(14-4-6-15(23)7-5-14)24(8-3-9-25)22(27)21(17)28-20/h4-7,10-11,18,25H,3,8-9H2,1-2H3. The van der Waals surface area contributed by atoms with Gasteiger partial charge in [-0.15, -0.1) is 0 Å². The van der Waals surface area contributed by atoms with Crippen molar-refractivity contribution in [2.75, 3.05) is 13.2 Å². The Bertz CT molecular complexity index is 1130. The minimum atomic E-state index is -0.670. The Morgan fingerprint density at radius 2 is 1.86 bits per heavy atom. The van der Waals surface area contributed by atoms with Crippen LogP contribution in [0.4, 0.5) is 4.39 Å². The Balaban J connectivity index is 2.00. The molecule has 0 fully saturated rings. The van der Waals surface area contributed by atoms with E-state index in [9.17, 15) is 19.1 Å². The number of aryl methyl sites for hydroxylation is 2. The molecule has 1 aromatic heterocycles. The summed E-state index contributed by atoms with van der Waals surface area (Å²) < 4.78 is 19.4. The summed E-state index contributed by atoms with van der Waals surface area (Å²) in [7, 11) is 0. The number of fused-ring (bicyclic) bond motifs is 2. The molecule has 1 amide bonds. The molecule has 0 saturated heterocycles. The Hall–Kier alpha value is -2.99. The number of aliphatic hydroxyl groups excluding tert-OH is 1. The van der Waals surface area contributed by atoms with E-state index in [0.29, 0.717) is 23.0 Å². The van der Waals surface area contributed by atoms with E-state index in [1.807, 2.05) is 19.9 Å². The van der Waals surface area contributed by atoms with Gasteiger partial charge in [0.05, 0.1) is 17.0 Å². The molecule has 0 aliphatic carbocycles. The molecule has 1 aliphatic rings. The lowest BCUT2D eigenvalue weighted by Crippen LogP contribution is -2.31. The number of hydrogen-bond acceptors (Lipinski definition) is 4. The van der Waals surface area contributed by atoms with Gasteiger partial charge in [-0.3, -0.25) is 9.59 Å². The summed E-state index contributed by atoms with van der Waals surface area (Å²) in [5.74, 6) is -0.763. The smallest absolute Gasteiger partial charge is 0.290 e. The Labute approximate surface area is 161 Å². The van der Waals surface area contributed by atoms with Crippen LogP contribution < -0.4 is 5.43 Å². The molecule has 28 heavy (non-hydrogen) atoms. The van der Waals surface area contributed by atoms with Crippen LogP contribution in [0.2, 0.25) is 0 Å². The number of halogens is 1. The maximum absolute atomic E-state index is 13.4. The number of amides is 1. The van der Waals surface area contributed by atoms with Crippen LogP contribution in [0, 0.1) is 19.7 Å². The molecule has 6 heteroatoms. The molecule has 4 rings (SSSR count). The third-order valence-corrected chi connectivity index (χ3v) is 5.14. The highest BCUT2D eigenvalue weighted by atomic mass is 19.1. The quantitative estimate of drug-likeness (QED) is 0.751. The van der Waals surface area contributed by atoms with Crippen molar-refractivity contribution < 1.29 is 18.7 Å². The average Bonchev–Trinajstić information content (AvgIpc) is 2.94. The van der Waals surface area contributed by atoms with Crippen molar-refractivity contribution >= 4 is 16.9 Å². The van der Waals surface area contributed by atoms with E-state index in [1.54, 1.807) is 18.2 Å². The molecule has 0 spiro atoms. The summed E-state index contributed by atoms with van der Waals surface area (Å²) in [6.45, 7) is 3.91. The zero-order chi connectivity index (χ0) is 20.0. The predicted octanol–water partition coefficient (Wildman–Crippen LogP) is 3.48. The molecule has 0 saturated carbocycles. The number of hydrogen-bond donors (Lipinski definition) is 1. The van der Waals surface area contributed by atoms with Gasteiger partial charge < -0.3 is 14.4 Å². The predicted molar refractivity (Wildman–Crippen MR) is 103 cm³/mol. The second-order valence-electron chi connectivity index (χ2n) is 7.16. The van der Waals surface area contributed by atoms with Gasteiger partial charge >= 0.3 is 0 Å². The topological polar surface area (TPSA) is 70.8 Å². The zero-order valence-electron chi connectivity index (χ0n) is 15.7. The lowest BCUT2D eigenvalue weighted by Gasteiger charge is -2.24.